The van der Waals surface area contributed by atoms with Crippen molar-refractivity contribution in [3.8, 4) is 0 Å². The summed E-state index contributed by atoms with van der Waals surface area (Å²) in [4.78, 5) is 10.6. The molecule has 0 bridgehead atoms. The van der Waals surface area contributed by atoms with E-state index in [2.05, 4.69) is 0 Å². The summed E-state index contributed by atoms with van der Waals surface area (Å²) in [5.74, 6) is -1.25. The van der Waals surface area contributed by atoms with Crippen LogP contribution < -0.4 is 5.73 Å². The summed E-state index contributed by atoms with van der Waals surface area (Å²) in [6, 6.07) is 0. The van der Waals surface area contributed by atoms with Crippen LogP contribution in [0, 0.1) is 5.92 Å². The Morgan fingerprint density at radius 2 is 1.93 bits per heavy atom. The van der Waals surface area contributed by atoms with Crippen LogP contribution in [0.15, 0.2) is 0 Å². The number of carbonyl (C=O) groups is 1. The molecule has 0 spiro atoms. The summed E-state index contributed by atoms with van der Waals surface area (Å²) < 4.78 is 5.49. The summed E-state index contributed by atoms with van der Waals surface area (Å²) in [7, 11) is 0. The van der Waals surface area contributed by atoms with Gasteiger partial charge < -0.3 is 15.6 Å². The van der Waals surface area contributed by atoms with E-state index in [9.17, 15) is 4.79 Å². The Morgan fingerprint density at radius 3 is 2.29 bits per heavy atom. The van der Waals surface area contributed by atoms with Gasteiger partial charge in [0.1, 0.15) is 0 Å². The first kappa shape index (κ1) is 13.4. The Hall–Kier alpha value is -0.610. The van der Waals surface area contributed by atoms with E-state index in [0.717, 1.165) is 6.42 Å². The quantitative estimate of drug-likeness (QED) is 0.653. The van der Waals surface area contributed by atoms with E-state index in [1.54, 1.807) is 0 Å². The molecule has 3 N–H and O–H groups in total. The van der Waals surface area contributed by atoms with E-state index in [-0.39, 0.29) is 18.8 Å². The number of ether oxygens (including phenoxy) is 1. The van der Waals surface area contributed by atoms with Crippen molar-refractivity contribution in [1.29, 1.82) is 0 Å². The van der Waals surface area contributed by atoms with Crippen molar-refractivity contribution >= 4 is 5.97 Å². The maximum absolute atomic E-state index is 10.6. The molecule has 0 rings (SSSR count). The maximum Gasteiger partial charge on any atom is 0.307 e. The molecule has 0 fully saturated rings. The van der Waals surface area contributed by atoms with Crippen LogP contribution in [0.25, 0.3) is 0 Å². The monoisotopic (exact) mass is 203 g/mol. The Labute approximate surface area is 85.4 Å². The lowest BCUT2D eigenvalue weighted by Crippen LogP contribution is -2.25. The highest BCUT2D eigenvalue weighted by molar-refractivity contribution is 5.70. The topological polar surface area (TPSA) is 72.5 Å². The van der Waals surface area contributed by atoms with E-state index in [1.165, 1.54) is 0 Å². The van der Waals surface area contributed by atoms with E-state index < -0.39 is 11.9 Å². The summed E-state index contributed by atoms with van der Waals surface area (Å²) in [6.07, 6.45) is 1.61. The van der Waals surface area contributed by atoms with Crippen LogP contribution in [0.4, 0.5) is 0 Å². The zero-order valence-corrected chi connectivity index (χ0v) is 9.19. The molecule has 0 aromatic carbocycles. The van der Waals surface area contributed by atoms with Crippen molar-refractivity contribution in [2.75, 3.05) is 6.54 Å². The highest BCUT2D eigenvalue weighted by Crippen LogP contribution is 2.11. The Balaban J connectivity index is 3.73. The third-order valence-electron chi connectivity index (χ3n) is 2.06. The lowest BCUT2D eigenvalue weighted by molar-refractivity contribution is -0.141. The van der Waals surface area contributed by atoms with E-state index in [1.807, 2.05) is 20.8 Å². The van der Waals surface area contributed by atoms with Gasteiger partial charge in [0.15, 0.2) is 0 Å². The van der Waals surface area contributed by atoms with E-state index >= 15 is 0 Å². The summed E-state index contributed by atoms with van der Waals surface area (Å²) in [5, 5.41) is 8.75. The van der Waals surface area contributed by atoms with Crippen LogP contribution in [0.3, 0.4) is 0 Å². The minimum absolute atomic E-state index is 0.100. The predicted molar refractivity (Wildman–Crippen MR) is 55.1 cm³/mol. The molecule has 0 amide bonds. The highest BCUT2D eigenvalue weighted by Gasteiger charge is 2.16. The van der Waals surface area contributed by atoms with Crippen molar-refractivity contribution in [2.24, 2.45) is 11.7 Å². The van der Waals surface area contributed by atoms with Gasteiger partial charge in [-0.05, 0) is 33.6 Å². The fraction of sp³-hybridized carbons (Fsp3) is 0.900. The standard InChI is InChI=1S/C10H21NO3/c1-7(2)14-8(3)4-5-9(6-11)10(12)13/h7-9H,4-6,11H2,1-3H3,(H,12,13). The second-order valence-corrected chi connectivity index (χ2v) is 3.84. The van der Waals surface area contributed by atoms with Crippen molar-refractivity contribution in [1.82, 2.24) is 0 Å². The number of aliphatic carboxylic acids is 1. The molecule has 2 unspecified atom stereocenters. The average Bonchev–Trinajstić information content (AvgIpc) is 2.03. The number of carboxylic acid groups (broad SMARTS) is 1. The van der Waals surface area contributed by atoms with Crippen LogP contribution in [-0.4, -0.2) is 29.8 Å². The van der Waals surface area contributed by atoms with Crippen molar-refractivity contribution < 1.29 is 14.6 Å². The Bertz CT molecular complexity index is 171. The van der Waals surface area contributed by atoms with Gasteiger partial charge in [0.25, 0.3) is 0 Å². The van der Waals surface area contributed by atoms with Gasteiger partial charge >= 0.3 is 5.97 Å². The first-order valence-electron chi connectivity index (χ1n) is 5.05. The fourth-order valence-corrected chi connectivity index (χ4v) is 1.31. The van der Waals surface area contributed by atoms with Gasteiger partial charge in [-0.3, -0.25) is 4.79 Å². The molecule has 0 aliphatic rings. The Morgan fingerprint density at radius 1 is 1.36 bits per heavy atom. The molecule has 0 aliphatic carbocycles. The number of hydrogen-bond acceptors (Lipinski definition) is 3. The molecule has 4 heteroatoms. The number of nitrogens with two attached hydrogens (primary N) is 1. The Kier molecular flexibility index (Phi) is 6.49. The smallest absolute Gasteiger partial charge is 0.307 e. The van der Waals surface area contributed by atoms with Crippen LogP contribution in [0.5, 0.6) is 0 Å². The van der Waals surface area contributed by atoms with Crippen LogP contribution in [0.2, 0.25) is 0 Å². The molecule has 0 aromatic rings. The zero-order chi connectivity index (χ0) is 11.1. The lowest BCUT2D eigenvalue weighted by atomic mass is 10.0. The van der Waals surface area contributed by atoms with Crippen molar-refractivity contribution in [3.05, 3.63) is 0 Å². The van der Waals surface area contributed by atoms with Gasteiger partial charge in [0, 0.05) is 6.54 Å². The normalized spacial score (nSPS) is 15.5. The largest absolute Gasteiger partial charge is 0.481 e. The van der Waals surface area contributed by atoms with Gasteiger partial charge in [-0.2, -0.15) is 0 Å². The number of hydrogen-bond donors (Lipinski definition) is 2. The predicted octanol–water partition coefficient (Wildman–Crippen LogP) is 1.24. The van der Waals surface area contributed by atoms with E-state index in [0.29, 0.717) is 6.42 Å². The van der Waals surface area contributed by atoms with Crippen LogP contribution in [0.1, 0.15) is 33.6 Å². The molecule has 0 saturated heterocycles. The van der Waals surface area contributed by atoms with Gasteiger partial charge in [-0.1, -0.05) is 0 Å². The summed E-state index contributed by atoms with van der Waals surface area (Å²) in [6.45, 7) is 6.08. The van der Waals surface area contributed by atoms with Crippen LogP contribution >= 0.6 is 0 Å². The second kappa shape index (κ2) is 6.79. The summed E-state index contributed by atoms with van der Waals surface area (Å²) >= 11 is 0. The highest BCUT2D eigenvalue weighted by atomic mass is 16.5. The number of carboxylic acids is 1. The van der Waals surface area contributed by atoms with Gasteiger partial charge in [-0.25, -0.2) is 0 Å². The van der Waals surface area contributed by atoms with Gasteiger partial charge in [-0.15, -0.1) is 0 Å². The molecule has 14 heavy (non-hydrogen) atoms. The average molecular weight is 203 g/mol. The van der Waals surface area contributed by atoms with Crippen molar-refractivity contribution in [3.63, 3.8) is 0 Å². The summed E-state index contributed by atoms with van der Waals surface area (Å²) in [5.41, 5.74) is 5.34. The molecular weight excluding hydrogens is 182 g/mol. The molecule has 0 radical (unpaired) electrons. The van der Waals surface area contributed by atoms with Crippen LogP contribution in [-0.2, 0) is 9.53 Å². The molecule has 0 heterocycles. The minimum Gasteiger partial charge on any atom is -0.481 e. The number of rotatable bonds is 7. The first-order valence-corrected chi connectivity index (χ1v) is 5.05. The molecule has 0 aromatic heterocycles. The first-order chi connectivity index (χ1) is 6.47. The molecule has 4 nitrogen and oxygen atoms in total. The van der Waals surface area contributed by atoms with E-state index in [4.69, 9.17) is 15.6 Å². The molecule has 2 atom stereocenters. The third-order valence-corrected chi connectivity index (χ3v) is 2.06. The maximum atomic E-state index is 10.6. The third kappa shape index (κ3) is 5.94. The second-order valence-electron chi connectivity index (χ2n) is 3.84. The SMILES string of the molecule is CC(C)OC(C)CCC(CN)C(=O)O. The van der Waals surface area contributed by atoms with Gasteiger partial charge in [0.05, 0.1) is 18.1 Å². The van der Waals surface area contributed by atoms with Gasteiger partial charge in [0.2, 0.25) is 0 Å². The molecule has 0 saturated carbocycles. The molecule has 84 valence electrons. The molecular formula is C10H21NO3. The fourth-order valence-electron chi connectivity index (χ4n) is 1.31. The zero-order valence-electron chi connectivity index (χ0n) is 9.19. The van der Waals surface area contributed by atoms with Crippen molar-refractivity contribution in [2.45, 2.75) is 45.8 Å². The lowest BCUT2D eigenvalue weighted by Gasteiger charge is -2.17. The molecule has 0 aliphatic heterocycles. The minimum atomic E-state index is -0.816.